The Hall–Kier alpha value is -4.37. The van der Waals surface area contributed by atoms with Crippen molar-refractivity contribution >= 4 is 76.0 Å². The third-order valence-electron chi connectivity index (χ3n) is 7.08. The number of benzene rings is 4. The van der Waals surface area contributed by atoms with Gasteiger partial charge < -0.3 is 10.6 Å². The minimum atomic E-state index is -0.660. The van der Waals surface area contributed by atoms with Gasteiger partial charge in [0.1, 0.15) is 5.70 Å². The molecule has 0 unspecified atom stereocenters. The van der Waals surface area contributed by atoms with Crippen LogP contribution in [0.3, 0.4) is 0 Å². The van der Waals surface area contributed by atoms with Crippen LogP contribution in [0.15, 0.2) is 108 Å². The molecule has 1 heterocycles. The van der Waals surface area contributed by atoms with E-state index in [1.54, 1.807) is 66.7 Å². The van der Waals surface area contributed by atoms with Crippen LogP contribution in [0.1, 0.15) is 47.7 Å². The van der Waals surface area contributed by atoms with Crippen LogP contribution in [-0.4, -0.2) is 28.9 Å². The summed E-state index contributed by atoms with van der Waals surface area (Å²) in [6.07, 6.45) is 1.63. The molecule has 4 aromatic carbocycles. The molecule has 0 aliphatic carbocycles. The van der Waals surface area contributed by atoms with Gasteiger partial charge in [-0.05, 0) is 71.7 Å². The first-order valence-electron chi connectivity index (χ1n) is 14.2. The highest BCUT2D eigenvalue weighted by Gasteiger charge is 2.40. The molecule has 0 spiro atoms. The van der Waals surface area contributed by atoms with Crippen molar-refractivity contribution in [2.45, 2.75) is 36.3 Å². The highest BCUT2D eigenvalue weighted by molar-refractivity contribution is 8.00. The fourth-order valence-electron chi connectivity index (χ4n) is 4.69. The predicted molar refractivity (Wildman–Crippen MR) is 181 cm³/mol. The summed E-state index contributed by atoms with van der Waals surface area (Å²) in [4.78, 5) is 54.3. The maximum atomic E-state index is 13.5. The largest absolute Gasteiger partial charge is 0.321 e. The second-order valence-corrected chi connectivity index (χ2v) is 12.7. The van der Waals surface area contributed by atoms with Crippen molar-refractivity contribution in [3.8, 4) is 0 Å². The number of carbonyl (C=O) groups is 4. The zero-order valence-corrected chi connectivity index (χ0v) is 26.7. The van der Waals surface area contributed by atoms with Crippen LogP contribution in [0.4, 0.5) is 11.4 Å². The van der Waals surface area contributed by atoms with E-state index >= 15 is 0 Å². The lowest BCUT2D eigenvalue weighted by atomic mass is 10.0. The third kappa shape index (κ3) is 7.84. The minimum absolute atomic E-state index is 0.00827. The van der Waals surface area contributed by atoms with Gasteiger partial charge in [0.05, 0.1) is 21.0 Å². The van der Waals surface area contributed by atoms with Crippen molar-refractivity contribution < 1.29 is 19.2 Å². The summed E-state index contributed by atoms with van der Waals surface area (Å²) in [6.45, 7) is 4.20. The Balaban J connectivity index is 1.33. The SMILES string of the molecule is CC(C)c1ccc(/C=C(\NC(=O)c2ccccc2)C(=O)Nc2cccc(S[C@@H]3CC(=O)N(c4ccc(Cl)c(Cl)c4)C3=O)c2)cc1. The predicted octanol–water partition coefficient (Wildman–Crippen LogP) is 7.95. The van der Waals surface area contributed by atoms with Gasteiger partial charge in [-0.25, -0.2) is 4.90 Å². The van der Waals surface area contributed by atoms with E-state index in [1.807, 2.05) is 24.3 Å². The average molecular weight is 659 g/mol. The zero-order valence-electron chi connectivity index (χ0n) is 24.4. The molecule has 1 aliphatic heterocycles. The molecule has 0 saturated carbocycles. The quantitative estimate of drug-likeness (QED) is 0.141. The molecule has 7 nitrogen and oxygen atoms in total. The Morgan fingerprint density at radius 3 is 2.31 bits per heavy atom. The Kier molecular flexibility index (Phi) is 10.1. The maximum Gasteiger partial charge on any atom is 0.272 e. The number of nitrogens with one attached hydrogen (secondary N) is 2. The molecule has 2 N–H and O–H groups in total. The van der Waals surface area contributed by atoms with E-state index in [4.69, 9.17) is 23.2 Å². The summed E-state index contributed by atoms with van der Waals surface area (Å²) < 4.78 is 0. The van der Waals surface area contributed by atoms with E-state index in [0.717, 1.165) is 16.0 Å². The molecule has 4 aromatic rings. The number of carbonyl (C=O) groups excluding carboxylic acids is 4. The number of anilines is 2. The second-order valence-electron chi connectivity index (χ2n) is 10.7. The molecule has 0 bridgehead atoms. The van der Waals surface area contributed by atoms with Gasteiger partial charge in [0, 0.05) is 22.6 Å². The molecule has 1 atom stereocenters. The summed E-state index contributed by atoms with van der Waals surface area (Å²) in [6, 6.07) is 28.0. The van der Waals surface area contributed by atoms with E-state index in [0.29, 0.717) is 32.8 Å². The number of hydrogen-bond acceptors (Lipinski definition) is 5. The van der Waals surface area contributed by atoms with Crippen LogP contribution in [0, 0.1) is 0 Å². The average Bonchev–Trinajstić information content (AvgIpc) is 3.30. The van der Waals surface area contributed by atoms with Crippen molar-refractivity contribution in [2.75, 3.05) is 10.2 Å². The standard InChI is InChI=1S/C35H29Cl2N3O4S/c1-21(2)23-13-11-22(12-14-23)17-30(39-33(42)24-7-4-3-5-8-24)34(43)38-25-9-6-10-27(18-25)45-31-20-32(41)40(35(31)44)26-15-16-28(36)29(37)19-26/h3-19,21,31H,20H2,1-2H3,(H,38,43)(H,39,42)/b30-17-/t31-/m1/s1. The third-order valence-corrected chi connectivity index (χ3v) is 9.00. The van der Waals surface area contributed by atoms with E-state index in [1.165, 1.54) is 23.9 Å². The van der Waals surface area contributed by atoms with E-state index in [9.17, 15) is 19.2 Å². The molecule has 5 rings (SSSR count). The van der Waals surface area contributed by atoms with Gasteiger partial charge in [-0.1, -0.05) is 85.6 Å². The summed E-state index contributed by atoms with van der Waals surface area (Å²) in [7, 11) is 0. The van der Waals surface area contributed by atoms with Gasteiger partial charge in [-0.15, -0.1) is 11.8 Å². The van der Waals surface area contributed by atoms with Crippen LogP contribution in [0.2, 0.25) is 10.0 Å². The Morgan fingerprint density at radius 2 is 1.62 bits per heavy atom. The first-order valence-corrected chi connectivity index (χ1v) is 15.8. The summed E-state index contributed by atoms with van der Waals surface area (Å²) in [5, 5.41) is 5.52. The first-order chi connectivity index (χ1) is 21.6. The van der Waals surface area contributed by atoms with Gasteiger partial charge in [0.2, 0.25) is 11.8 Å². The molecule has 0 radical (unpaired) electrons. The number of amides is 4. The van der Waals surface area contributed by atoms with Gasteiger partial charge in [0.25, 0.3) is 11.8 Å². The lowest BCUT2D eigenvalue weighted by molar-refractivity contribution is -0.121. The van der Waals surface area contributed by atoms with E-state index in [-0.39, 0.29) is 29.0 Å². The van der Waals surface area contributed by atoms with Crippen molar-refractivity contribution in [3.05, 3.63) is 129 Å². The van der Waals surface area contributed by atoms with Crippen LogP contribution < -0.4 is 15.5 Å². The molecule has 1 saturated heterocycles. The molecule has 45 heavy (non-hydrogen) atoms. The molecule has 1 aliphatic rings. The normalized spacial score (nSPS) is 15.0. The zero-order chi connectivity index (χ0) is 32.1. The van der Waals surface area contributed by atoms with Crippen molar-refractivity contribution in [1.29, 1.82) is 0 Å². The smallest absolute Gasteiger partial charge is 0.272 e. The molecule has 4 amide bonds. The monoisotopic (exact) mass is 657 g/mol. The first kappa shape index (κ1) is 32.0. The molecule has 0 aromatic heterocycles. The fraction of sp³-hybridized carbons (Fsp3) is 0.143. The molecular weight excluding hydrogens is 629 g/mol. The highest BCUT2D eigenvalue weighted by atomic mass is 35.5. The fourth-order valence-corrected chi connectivity index (χ4v) is 6.09. The van der Waals surface area contributed by atoms with E-state index < -0.39 is 17.1 Å². The van der Waals surface area contributed by atoms with Gasteiger partial charge in [0.15, 0.2) is 0 Å². The number of thioether (sulfide) groups is 1. The Bertz CT molecular complexity index is 1790. The Morgan fingerprint density at radius 1 is 0.889 bits per heavy atom. The van der Waals surface area contributed by atoms with Gasteiger partial charge in [-0.2, -0.15) is 0 Å². The number of hydrogen-bond donors (Lipinski definition) is 2. The van der Waals surface area contributed by atoms with Gasteiger partial charge in [-0.3, -0.25) is 19.2 Å². The Labute approximate surface area is 275 Å². The summed E-state index contributed by atoms with van der Waals surface area (Å²) >= 11 is 13.3. The maximum absolute atomic E-state index is 13.5. The van der Waals surface area contributed by atoms with Crippen LogP contribution in [-0.2, 0) is 14.4 Å². The number of rotatable bonds is 9. The van der Waals surface area contributed by atoms with Crippen molar-refractivity contribution in [2.24, 2.45) is 0 Å². The van der Waals surface area contributed by atoms with Crippen molar-refractivity contribution in [3.63, 3.8) is 0 Å². The highest BCUT2D eigenvalue weighted by Crippen LogP contribution is 2.36. The minimum Gasteiger partial charge on any atom is -0.321 e. The molecule has 10 heteroatoms. The van der Waals surface area contributed by atoms with Crippen LogP contribution in [0.5, 0.6) is 0 Å². The molecule has 228 valence electrons. The molecular formula is C35H29Cl2N3O4S. The van der Waals surface area contributed by atoms with E-state index in [2.05, 4.69) is 24.5 Å². The topological polar surface area (TPSA) is 95.6 Å². The van der Waals surface area contributed by atoms with Crippen LogP contribution >= 0.6 is 35.0 Å². The number of halogens is 2. The van der Waals surface area contributed by atoms with Gasteiger partial charge >= 0.3 is 0 Å². The number of nitrogens with zero attached hydrogens (tertiary/aromatic N) is 1. The van der Waals surface area contributed by atoms with Crippen LogP contribution in [0.25, 0.3) is 6.08 Å². The summed E-state index contributed by atoms with van der Waals surface area (Å²) in [5.41, 5.74) is 3.20. The second kappa shape index (κ2) is 14.2. The lowest BCUT2D eigenvalue weighted by Gasteiger charge is -2.16. The summed E-state index contributed by atoms with van der Waals surface area (Å²) in [5.74, 6) is -1.30. The molecule has 1 fully saturated rings. The number of imide groups is 1. The van der Waals surface area contributed by atoms with Crippen molar-refractivity contribution in [1.82, 2.24) is 5.32 Å². The lowest BCUT2D eigenvalue weighted by Crippen LogP contribution is -2.31.